The number of hydrogen-bond acceptors (Lipinski definition) is 4. The highest BCUT2D eigenvalue weighted by Crippen LogP contribution is 2.21. The van der Waals surface area contributed by atoms with Crippen molar-refractivity contribution in [2.75, 3.05) is 44.9 Å². The number of aryl methyl sites for hydroxylation is 1. The second-order valence-corrected chi connectivity index (χ2v) is 7.60. The van der Waals surface area contributed by atoms with Gasteiger partial charge in [0.15, 0.2) is 5.96 Å². The van der Waals surface area contributed by atoms with Gasteiger partial charge in [0.1, 0.15) is 12.4 Å². The lowest BCUT2D eigenvalue weighted by molar-refractivity contribution is 0.146. The molecule has 1 atom stereocenters. The van der Waals surface area contributed by atoms with Crippen molar-refractivity contribution in [1.29, 1.82) is 0 Å². The van der Waals surface area contributed by atoms with Crippen LogP contribution in [0.25, 0.3) is 0 Å². The van der Waals surface area contributed by atoms with Crippen molar-refractivity contribution >= 4 is 11.6 Å². The smallest absolute Gasteiger partial charge is 0.191 e. The number of rotatable bonds is 9. The Morgan fingerprint density at radius 2 is 2.00 bits per heavy atom. The second-order valence-electron chi connectivity index (χ2n) is 7.60. The molecule has 1 fully saturated rings. The van der Waals surface area contributed by atoms with Gasteiger partial charge in [-0.05, 0) is 50.1 Å². The number of nitrogens with one attached hydrogen (secondary N) is 2. The van der Waals surface area contributed by atoms with Crippen LogP contribution in [0.5, 0.6) is 5.75 Å². The van der Waals surface area contributed by atoms with Crippen LogP contribution in [0.3, 0.4) is 0 Å². The number of nitrogens with zero attached hydrogens (tertiary/aromatic N) is 2. The summed E-state index contributed by atoms with van der Waals surface area (Å²) in [5.74, 6) is 1.71. The van der Waals surface area contributed by atoms with Gasteiger partial charge < -0.3 is 25.0 Å². The SMILES string of the molecule is CCNC(=NCc1cccc(OCCOC)c1)NC1CCN(c2ccc(C)cc2)C1. The van der Waals surface area contributed by atoms with Crippen molar-refractivity contribution in [3.63, 3.8) is 0 Å². The molecule has 1 aliphatic heterocycles. The summed E-state index contributed by atoms with van der Waals surface area (Å²) in [7, 11) is 1.67. The van der Waals surface area contributed by atoms with Gasteiger partial charge in [0.25, 0.3) is 0 Å². The van der Waals surface area contributed by atoms with E-state index in [0.717, 1.165) is 43.3 Å². The Labute approximate surface area is 180 Å². The molecular weight excluding hydrogens is 376 g/mol. The Hall–Kier alpha value is -2.73. The van der Waals surface area contributed by atoms with Crippen molar-refractivity contribution in [3.8, 4) is 5.75 Å². The van der Waals surface area contributed by atoms with Gasteiger partial charge in [-0.1, -0.05) is 29.8 Å². The number of anilines is 1. The molecule has 0 aliphatic carbocycles. The van der Waals surface area contributed by atoms with Crippen molar-refractivity contribution < 1.29 is 9.47 Å². The van der Waals surface area contributed by atoms with E-state index in [4.69, 9.17) is 14.5 Å². The lowest BCUT2D eigenvalue weighted by atomic mass is 10.2. The van der Waals surface area contributed by atoms with Crippen molar-refractivity contribution in [2.45, 2.75) is 32.9 Å². The van der Waals surface area contributed by atoms with Gasteiger partial charge in [-0.2, -0.15) is 0 Å². The minimum Gasteiger partial charge on any atom is -0.491 e. The molecule has 0 aromatic heterocycles. The van der Waals surface area contributed by atoms with Crippen LogP contribution in [0.1, 0.15) is 24.5 Å². The highest BCUT2D eigenvalue weighted by molar-refractivity contribution is 5.80. The Bertz CT molecular complexity index is 807. The van der Waals surface area contributed by atoms with E-state index in [2.05, 4.69) is 59.7 Å². The number of hydrogen-bond donors (Lipinski definition) is 2. The number of methoxy groups -OCH3 is 1. The highest BCUT2D eigenvalue weighted by atomic mass is 16.5. The Balaban J connectivity index is 1.56. The third-order valence-electron chi connectivity index (χ3n) is 5.15. The number of ether oxygens (including phenoxy) is 2. The first-order chi connectivity index (χ1) is 14.7. The molecule has 162 valence electrons. The van der Waals surface area contributed by atoms with E-state index in [1.54, 1.807) is 7.11 Å². The minimum absolute atomic E-state index is 0.382. The fourth-order valence-electron chi connectivity index (χ4n) is 3.53. The topological polar surface area (TPSA) is 58.1 Å². The number of guanidine groups is 1. The van der Waals surface area contributed by atoms with Crippen LogP contribution in [0.15, 0.2) is 53.5 Å². The summed E-state index contributed by atoms with van der Waals surface area (Å²) in [6, 6.07) is 17.2. The predicted octanol–water partition coefficient (Wildman–Crippen LogP) is 3.35. The van der Waals surface area contributed by atoms with Gasteiger partial charge in [-0.15, -0.1) is 0 Å². The lowest BCUT2D eigenvalue weighted by Gasteiger charge is -2.20. The quantitative estimate of drug-likeness (QED) is 0.377. The zero-order valence-corrected chi connectivity index (χ0v) is 18.4. The first-order valence-corrected chi connectivity index (χ1v) is 10.7. The largest absolute Gasteiger partial charge is 0.491 e. The van der Waals surface area contributed by atoms with Crippen LogP contribution in [0.4, 0.5) is 5.69 Å². The van der Waals surface area contributed by atoms with E-state index in [-0.39, 0.29) is 0 Å². The molecule has 30 heavy (non-hydrogen) atoms. The summed E-state index contributed by atoms with van der Waals surface area (Å²) in [6.45, 7) is 8.82. The maximum atomic E-state index is 5.70. The van der Waals surface area contributed by atoms with Gasteiger partial charge in [0.05, 0.1) is 13.2 Å². The third-order valence-corrected chi connectivity index (χ3v) is 5.15. The Morgan fingerprint density at radius 3 is 2.77 bits per heavy atom. The molecule has 2 aromatic rings. The third kappa shape index (κ3) is 6.66. The van der Waals surface area contributed by atoms with Crippen LogP contribution in [0.2, 0.25) is 0 Å². The summed E-state index contributed by atoms with van der Waals surface area (Å²) in [5.41, 5.74) is 3.70. The van der Waals surface area contributed by atoms with E-state index in [1.807, 2.05) is 18.2 Å². The van der Waals surface area contributed by atoms with Gasteiger partial charge in [0, 0.05) is 38.5 Å². The zero-order chi connectivity index (χ0) is 21.2. The van der Waals surface area contributed by atoms with Gasteiger partial charge in [-0.25, -0.2) is 4.99 Å². The van der Waals surface area contributed by atoms with Crippen LogP contribution in [-0.2, 0) is 11.3 Å². The van der Waals surface area contributed by atoms with Crippen molar-refractivity contribution in [2.24, 2.45) is 4.99 Å². The van der Waals surface area contributed by atoms with E-state index in [0.29, 0.717) is 25.8 Å². The summed E-state index contributed by atoms with van der Waals surface area (Å²) in [6.07, 6.45) is 1.10. The summed E-state index contributed by atoms with van der Waals surface area (Å²) < 4.78 is 10.7. The molecule has 6 nitrogen and oxygen atoms in total. The van der Waals surface area contributed by atoms with Crippen molar-refractivity contribution in [3.05, 3.63) is 59.7 Å². The molecule has 0 bridgehead atoms. The van der Waals surface area contributed by atoms with Crippen molar-refractivity contribution in [1.82, 2.24) is 10.6 Å². The fourth-order valence-corrected chi connectivity index (χ4v) is 3.53. The number of benzene rings is 2. The maximum Gasteiger partial charge on any atom is 0.191 e. The van der Waals surface area contributed by atoms with Gasteiger partial charge in [0.2, 0.25) is 0 Å². The standard InChI is InChI=1S/C24H34N4O2/c1-4-25-24(26-17-20-6-5-7-23(16-20)30-15-14-29-3)27-21-12-13-28(18-21)22-10-8-19(2)9-11-22/h5-11,16,21H,4,12-15,17-18H2,1-3H3,(H2,25,26,27). The van der Waals surface area contributed by atoms with E-state index in [9.17, 15) is 0 Å². The van der Waals surface area contributed by atoms with Crippen LogP contribution >= 0.6 is 0 Å². The molecule has 3 rings (SSSR count). The van der Waals surface area contributed by atoms with E-state index in [1.165, 1.54) is 11.3 Å². The maximum absolute atomic E-state index is 5.70. The van der Waals surface area contributed by atoms with Gasteiger partial charge >= 0.3 is 0 Å². The molecule has 0 saturated carbocycles. The molecule has 0 spiro atoms. The average molecular weight is 411 g/mol. The van der Waals surface area contributed by atoms with Crippen LogP contribution in [-0.4, -0.2) is 52.0 Å². The highest BCUT2D eigenvalue weighted by Gasteiger charge is 2.23. The van der Waals surface area contributed by atoms with Crippen LogP contribution in [0, 0.1) is 6.92 Å². The summed E-state index contributed by atoms with van der Waals surface area (Å²) >= 11 is 0. The minimum atomic E-state index is 0.382. The molecule has 2 N–H and O–H groups in total. The normalized spacial score (nSPS) is 16.6. The molecule has 1 unspecified atom stereocenters. The molecule has 0 amide bonds. The second kappa shape index (κ2) is 11.5. The molecule has 1 saturated heterocycles. The van der Waals surface area contributed by atoms with E-state index < -0.39 is 0 Å². The molecule has 2 aromatic carbocycles. The average Bonchev–Trinajstić information content (AvgIpc) is 3.22. The molecule has 0 radical (unpaired) electrons. The van der Waals surface area contributed by atoms with Crippen LogP contribution < -0.4 is 20.3 Å². The molecule has 6 heteroatoms. The predicted molar refractivity (Wildman–Crippen MR) is 124 cm³/mol. The first kappa shape index (κ1) is 22.0. The van der Waals surface area contributed by atoms with Gasteiger partial charge in [-0.3, -0.25) is 0 Å². The Kier molecular flexibility index (Phi) is 8.39. The summed E-state index contributed by atoms with van der Waals surface area (Å²) in [5, 5.41) is 6.98. The van der Waals surface area contributed by atoms with E-state index >= 15 is 0 Å². The first-order valence-electron chi connectivity index (χ1n) is 10.7. The zero-order valence-electron chi connectivity index (χ0n) is 18.4. The summed E-state index contributed by atoms with van der Waals surface area (Å²) in [4.78, 5) is 7.22. The fraction of sp³-hybridized carbons (Fsp3) is 0.458. The molecular formula is C24H34N4O2. The Morgan fingerprint density at radius 1 is 1.17 bits per heavy atom. The molecule has 1 heterocycles. The molecule has 1 aliphatic rings. The monoisotopic (exact) mass is 410 g/mol. The number of aliphatic imine (C=N–C) groups is 1. The lowest BCUT2D eigenvalue weighted by Crippen LogP contribution is -2.44.